The zero-order valence-corrected chi connectivity index (χ0v) is 10.6. The molecule has 2 N–H and O–H groups in total. The molecule has 1 fully saturated rings. The van der Waals surface area contributed by atoms with Crippen molar-refractivity contribution in [2.45, 2.75) is 19.3 Å². The van der Waals surface area contributed by atoms with Crippen molar-refractivity contribution >= 4 is 22.5 Å². The minimum absolute atomic E-state index is 0.813. The van der Waals surface area contributed by atoms with Gasteiger partial charge in [0.1, 0.15) is 0 Å². The summed E-state index contributed by atoms with van der Waals surface area (Å²) in [5.74, 6) is 0.833. The van der Waals surface area contributed by atoms with E-state index in [0.717, 1.165) is 21.8 Å². The minimum Gasteiger partial charge on any atom is -0.360 e. The summed E-state index contributed by atoms with van der Waals surface area (Å²) in [6.07, 6.45) is 5.64. The van der Waals surface area contributed by atoms with Crippen LogP contribution in [0.15, 0.2) is 24.4 Å². The number of aromatic amines is 1. The highest BCUT2D eigenvalue weighted by atomic mass is 35.5. The zero-order valence-electron chi connectivity index (χ0n) is 9.80. The third-order valence-corrected chi connectivity index (χ3v) is 3.99. The Hall–Kier alpha value is -0.990. The first-order chi connectivity index (χ1) is 8.33. The van der Waals surface area contributed by atoms with Crippen molar-refractivity contribution in [1.82, 2.24) is 10.3 Å². The number of H-pyrrole nitrogens is 1. The van der Waals surface area contributed by atoms with E-state index in [1.807, 2.05) is 6.20 Å². The van der Waals surface area contributed by atoms with Gasteiger partial charge in [0.2, 0.25) is 0 Å². The Bertz CT molecular complexity index is 512. The van der Waals surface area contributed by atoms with E-state index in [9.17, 15) is 0 Å². The van der Waals surface area contributed by atoms with E-state index in [1.165, 1.54) is 37.9 Å². The molecule has 0 unspecified atom stereocenters. The van der Waals surface area contributed by atoms with Crippen molar-refractivity contribution in [2.24, 2.45) is 5.92 Å². The average Bonchev–Trinajstić information content (AvgIpc) is 2.72. The molecule has 0 aliphatic carbocycles. The quantitative estimate of drug-likeness (QED) is 0.838. The summed E-state index contributed by atoms with van der Waals surface area (Å²) in [5.41, 5.74) is 2.57. The molecule has 3 rings (SSSR count). The highest BCUT2D eigenvalue weighted by molar-refractivity contribution is 6.35. The molecule has 0 radical (unpaired) electrons. The van der Waals surface area contributed by atoms with Crippen LogP contribution in [0.2, 0.25) is 5.02 Å². The third-order valence-electron chi connectivity index (χ3n) is 3.68. The van der Waals surface area contributed by atoms with Gasteiger partial charge in [0.05, 0.1) is 5.02 Å². The lowest BCUT2D eigenvalue weighted by molar-refractivity contribution is 0.373. The fourth-order valence-electron chi connectivity index (χ4n) is 2.68. The Morgan fingerprint density at radius 1 is 1.24 bits per heavy atom. The normalized spacial score (nSPS) is 17.7. The van der Waals surface area contributed by atoms with Crippen LogP contribution in [0, 0.1) is 5.92 Å². The monoisotopic (exact) mass is 248 g/mol. The van der Waals surface area contributed by atoms with E-state index >= 15 is 0 Å². The van der Waals surface area contributed by atoms with E-state index in [0.29, 0.717) is 0 Å². The molecule has 0 bridgehead atoms. The molecule has 90 valence electrons. The fraction of sp³-hybridized carbons (Fsp3) is 0.429. The summed E-state index contributed by atoms with van der Waals surface area (Å²) in [6.45, 7) is 2.34. The predicted molar refractivity (Wildman–Crippen MR) is 72.6 cm³/mol. The zero-order chi connectivity index (χ0) is 11.7. The van der Waals surface area contributed by atoms with Crippen LogP contribution in [0.1, 0.15) is 18.4 Å². The molecular weight excluding hydrogens is 232 g/mol. The highest BCUT2D eigenvalue weighted by Gasteiger charge is 2.13. The number of nitrogens with one attached hydrogen (secondary N) is 2. The Kier molecular flexibility index (Phi) is 3.08. The van der Waals surface area contributed by atoms with Crippen LogP contribution in [0.5, 0.6) is 0 Å². The molecular formula is C14H17ClN2. The lowest BCUT2D eigenvalue weighted by Crippen LogP contribution is -2.28. The summed E-state index contributed by atoms with van der Waals surface area (Å²) in [7, 11) is 0. The molecule has 2 aromatic rings. The maximum Gasteiger partial charge on any atom is 0.0659 e. The number of hydrogen-bond acceptors (Lipinski definition) is 1. The number of hydrogen-bond donors (Lipinski definition) is 2. The molecule has 1 aromatic carbocycles. The number of benzene rings is 1. The first kappa shape index (κ1) is 11.1. The van der Waals surface area contributed by atoms with Gasteiger partial charge in [0.15, 0.2) is 0 Å². The maximum absolute atomic E-state index is 6.08. The Balaban J connectivity index is 1.80. The first-order valence-corrected chi connectivity index (χ1v) is 6.67. The van der Waals surface area contributed by atoms with Gasteiger partial charge in [-0.2, -0.15) is 0 Å². The van der Waals surface area contributed by atoms with Gasteiger partial charge in [-0.05, 0) is 49.9 Å². The van der Waals surface area contributed by atoms with Crippen molar-refractivity contribution in [3.05, 3.63) is 35.0 Å². The Labute approximate surface area is 106 Å². The molecule has 2 nitrogen and oxygen atoms in total. The minimum atomic E-state index is 0.813. The number of fused-ring (bicyclic) bond motifs is 1. The van der Waals surface area contributed by atoms with Gasteiger partial charge in [0, 0.05) is 17.1 Å². The number of halogens is 1. The summed E-state index contributed by atoms with van der Waals surface area (Å²) in [6, 6.07) is 6.58. The summed E-state index contributed by atoms with van der Waals surface area (Å²) in [5, 5.41) is 5.35. The molecule has 1 aliphatic rings. The maximum atomic E-state index is 6.08. The van der Waals surface area contributed by atoms with Crippen LogP contribution in [-0.4, -0.2) is 18.1 Å². The van der Waals surface area contributed by atoms with Crippen LogP contribution >= 0.6 is 11.6 Å². The van der Waals surface area contributed by atoms with Gasteiger partial charge >= 0.3 is 0 Å². The van der Waals surface area contributed by atoms with Crippen LogP contribution in [-0.2, 0) is 6.42 Å². The molecule has 0 amide bonds. The lowest BCUT2D eigenvalue weighted by atomic mass is 9.91. The van der Waals surface area contributed by atoms with Gasteiger partial charge in [-0.25, -0.2) is 0 Å². The first-order valence-electron chi connectivity index (χ1n) is 6.29. The molecule has 0 spiro atoms. The van der Waals surface area contributed by atoms with Gasteiger partial charge in [0.25, 0.3) is 0 Å². The van der Waals surface area contributed by atoms with Crippen molar-refractivity contribution < 1.29 is 0 Å². The Morgan fingerprint density at radius 2 is 2.06 bits per heavy atom. The van der Waals surface area contributed by atoms with E-state index in [4.69, 9.17) is 11.6 Å². The molecule has 0 saturated carbocycles. The molecule has 1 aromatic heterocycles. The third kappa shape index (κ3) is 2.33. The fourth-order valence-corrected chi connectivity index (χ4v) is 2.90. The number of rotatable bonds is 2. The number of piperidine rings is 1. The van der Waals surface area contributed by atoms with E-state index in [1.54, 1.807) is 0 Å². The smallest absolute Gasteiger partial charge is 0.0659 e. The molecule has 2 heterocycles. The van der Waals surface area contributed by atoms with Crippen LogP contribution < -0.4 is 5.32 Å². The summed E-state index contributed by atoms with van der Waals surface area (Å²) < 4.78 is 0. The molecule has 0 atom stereocenters. The van der Waals surface area contributed by atoms with Crippen molar-refractivity contribution in [3.8, 4) is 0 Å². The van der Waals surface area contributed by atoms with Crippen molar-refractivity contribution in [3.63, 3.8) is 0 Å². The van der Waals surface area contributed by atoms with Gasteiger partial charge in [-0.3, -0.25) is 0 Å². The van der Waals surface area contributed by atoms with Crippen LogP contribution in [0.25, 0.3) is 10.9 Å². The topological polar surface area (TPSA) is 27.8 Å². The van der Waals surface area contributed by atoms with Gasteiger partial charge < -0.3 is 10.3 Å². The van der Waals surface area contributed by atoms with Crippen LogP contribution in [0.3, 0.4) is 0 Å². The van der Waals surface area contributed by atoms with Crippen molar-refractivity contribution in [2.75, 3.05) is 13.1 Å². The second kappa shape index (κ2) is 4.71. The lowest BCUT2D eigenvalue weighted by Gasteiger charge is -2.22. The van der Waals surface area contributed by atoms with Gasteiger partial charge in [-0.15, -0.1) is 0 Å². The second-order valence-electron chi connectivity index (χ2n) is 4.91. The van der Waals surface area contributed by atoms with E-state index in [2.05, 4.69) is 28.5 Å². The number of aromatic nitrogens is 1. The van der Waals surface area contributed by atoms with E-state index in [-0.39, 0.29) is 0 Å². The predicted octanol–water partition coefficient (Wildman–Crippen LogP) is 3.36. The molecule has 1 saturated heterocycles. The van der Waals surface area contributed by atoms with Gasteiger partial charge in [-0.1, -0.05) is 23.7 Å². The largest absolute Gasteiger partial charge is 0.360 e. The van der Waals surface area contributed by atoms with Crippen LogP contribution in [0.4, 0.5) is 0 Å². The standard InChI is InChI=1S/C14H17ClN2/c15-13-9-17-14-8-11(1-2-12(13)14)7-10-3-5-16-6-4-10/h1-2,8-10,16-17H,3-7H2. The average molecular weight is 249 g/mol. The summed E-state index contributed by atoms with van der Waals surface area (Å²) in [4.78, 5) is 3.22. The second-order valence-corrected chi connectivity index (χ2v) is 5.32. The van der Waals surface area contributed by atoms with E-state index < -0.39 is 0 Å². The summed E-state index contributed by atoms with van der Waals surface area (Å²) >= 11 is 6.08. The Morgan fingerprint density at radius 3 is 2.88 bits per heavy atom. The van der Waals surface area contributed by atoms with Crippen molar-refractivity contribution in [1.29, 1.82) is 0 Å². The molecule has 3 heteroatoms. The molecule has 1 aliphatic heterocycles. The molecule has 17 heavy (non-hydrogen) atoms. The highest BCUT2D eigenvalue weighted by Crippen LogP contribution is 2.25. The SMILES string of the molecule is Clc1c[nH]c2cc(CC3CCNCC3)ccc12.